The number of nitrogens with zero attached hydrogens (tertiary/aromatic N) is 1. The van der Waals surface area contributed by atoms with Crippen molar-refractivity contribution >= 4 is 15.7 Å². The topological polar surface area (TPSA) is 83.6 Å². The average Bonchev–Trinajstić information content (AvgIpc) is 2.12. The lowest BCUT2D eigenvalue weighted by molar-refractivity contribution is 0.0547. The van der Waals surface area contributed by atoms with Crippen LogP contribution in [0.2, 0.25) is 0 Å². The predicted octanol–water partition coefficient (Wildman–Crippen LogP) is -0.0576. The van der Waals surface area contributed by atoms with Crippen molar-refractivity contribution in [1.29, 1.82) is 0 Å². The number of β-amino-alcohol motifs (C(OH)–C–C–N with tert-alkyl or cyclic N) is 1. The lowest BCUT2D eigenvalue weighted by atomic mass is 10.2. The Morgan fingerprint density at radius 3 is 2.56 bits per heavy atom. The van der Waals surface area contributed by atoms with E-state index >= 15 is 0 Å². The molecule has 0 aromatic heterocycles. The molecule has 88 valence electrons. The van der Waals surface area contributed by atoms with Crippen LogP contribution in [0, 0.1) is 6.92 Å². The predicted molar refractivity (Wildman–Crippen MR) is 60.4 cm³/mol. The first-order valence-electron chi connectivity index (χ1n) is 4.95. The second kappa shape index (κ2) is 3.73. The number of hydrogen-bond acceptors (Lipinski definition) is 4. The number of hydrogen-bond donors (Lipinski definition) is 2. The van der Waals surface area contributed by atoms with Crippen molar-refractivity contribution in [1.82, 2.24) is 4.31 Å². The van der Waals surface area contributed by atoms with Gasteiger partial charge in [-0.05, 0) is 30.7 Å². The summed E-state index contributed by atoms with van der Waals surface area (Å²) < 4.78 is 25.4. The molecule has 1 heterocycles. The van der Waals surface area contributed by atoms with Gasteiger partial charge in [0.15, 0.2) is 0 Å². The molecule has 6 heteroatoms. The fraction of sp³-hybridized carbons (Fsp3) is 0.400. The van der Waals surface area contributed by atoms with Crippen molar-refractivity contribution in [3.05, 3.63) is 23.8 Å². The maximum Gasteiger partial charge on any atom is 0.243 e. The van der Waals surface area contributed by atoms with Crippen LogP contribution in [0.15, 0.2) is 23.1 Å². The molecule has 0 spiro atoms. The minimum absolute atomic E-state index is 0.173. The quantitative estimate of drug-likeness (QED) is 0.712. The highest BCUT2D eigenvalue weighted by Gasteiger charge is 2.36. The summed E-state index contributed by atoms with van der Waals surface area (Å²) in [7, 11) is -3.46. The van der Waals surface area contributed by atoms with E-state index in [1.807, 2.05) is 0 Å². The Kier molecular flexibility index (Phi) is 2.65. The van der Waals surface area contributed by atoms with E-state index in [0.717, 1.165) is 0 Å². The number of benzene rings is 1. The van der Waals surface area contributed by atoms with E-state index in [4.69, 9.17) is 10.8 Å². The molecule has 0 aliphatic carbocycles. The number of aliphatic hydroxyl groups is 1. The zero-order valence-electron chi connectivity index (χ0n) is 8.92. The number of aryl methyl sites for hydroxylation is 1. The molecule has 3 N–H and O–H groups in total. The molecule has 1 aliphatic rings. The highest BCUT2D eigenvalue weighted by Crippen LogP contribution is 2.25. The van der Waals surface area contributed by atoms with Gasteiger partial charge in [0.1, 0.15) is 0 Å². The zero-order chi connectivity index (χ0) is 11.9. The molecule has 2 rings (SSSR count). The maximum atomic E-state index is 12.1. The molecule has 0 atom stereocenters. The van der Waals surface area contributed by atoms with E-state index in [0.29, 0.717) is 11.3 Å². The summed E-state index contributed by atoms with van der Waals surface area (Å²) in [6.45, 7) is 2.05. The maximum absolute atomic E-state index is 12.1. The number of aliphatic hydroxyl groups excluding tert-OH is 1. The Hall–Kier alpha value is -1.11. The molecule has 0 bridgehead atoms. The Balaban J connectivity index is 2.36. The molecule has 0 unspecified atom stereocenters. The average molecular weight is 242 g/mol. The van der Waals surface area contributed by atoms with E-state index < -0.39 is 16.1 Å². The fourth-order valence-corrected chi connectivity index (χ4v) is 3.43. The lowest BCUT2D eigenvalue weighted by Gasteiger charge is -2.34. The van der Waals surface area contributed by atoms with E-state index in [-0.39, 0.29) is 18.0 Å². The van der Waals surface area contributed by atoms with Gasteiger partial charge in [0.05, 0.1) is 11.0 Å². The van der Waals surface area contributed by atoms with Gasteiger partial charge < -0.3 is 10.8 Å². The molecule has 1 aromatic carbocycles. The first-order chi connectivity index (χ1) is 7.41. The van der Waals surface area contributed by atoms with Crippen LogP contribution in [0.4, 0.5) is 5.69 Å². The van der Waals surface area contributed by atoms with E-state index in [2.05, 4.69) is 0 Å². The summed E-state index contributed by atoms with van der Waals surface area (Å²) in [5.74, 6) is 0. The molecular weight excluding hydrogens is 228 g/mol. The van der Waals surface area contributed by atoms with Gasteiger partial charge in [0, 0.05) is 18.8 Å². The summed E-state index contributed by atoms with van der Waals surface area (Å²) in [4.78, 5) is 0.258. The summed E-state index contributed by atoms with van der Waals surface area (Å²) >= 11 is 0. The molecule has 0 amide bonds. The summed E-state index contributed by atoms with van der Waals surface area (Å²) in [6.07, 6.45) is -0.538. The molecule has 1 aromatic rings. The van der Waals surface area contributed by atoms with E-state index in [1.165, 1.54) is 10.4 Å². The van der Waals surface area contributed by atoms with Crippen LogP contribution in [0.5, 0.6) is 0 Å². The smallest absolute Gasteiger partial charge is 0.243 e. The zero-order valence-corrected chi connectivity index (χ0v) is 9.74. The molecule has 0 radical (unpaired) electrons. The van der Waals surface area contributed by atoms with Gasteiger partial charge >= 0.3 is 0 Å². The third kappa shape index (κ3) is 1.79. The van der Waals surface area contributed by atoms with Crippen molar-refractivity contribution in [3.8, 4) is 0 Å². The van der Waals surface area contributed by atoms with Crippen LogP contribution < -0.4 is 5.73 Å². The molecule has 0 saturated carbocycles. The van der Waals surface area contributed by atoms with Gasteiger partial charge in [0.25, 0.3) is 0 Å². The van der Waals surface area contributed by atoms with Crippen LogP contribution in [-0.2, 0) is 10.0 Å². The number of rotatable bonds is 2. The minimum atomic E-state index is -3.46. The molecule has 16 heavy (non-hydrogen) atoms. The highest BCUT2D eigenvalue weighted by molar-refractivity contribution is 7.89. The minimum Gasteiger partial charge on any atom is -0.399 e. The van der Waals surface area contributed by atoms with Gasteiger partial charge in [-0.3, -0.25) is 0 Å². The highest BCUT2D eigenvalue weighted by atomic mass is 32.2. The Morgan fingerprint density at radius 1 is 1.44 bits per heavy atom. The number of sulfonamides is 1. The SMILES string of the molecule is Cc1cc(N)ccc1S(=O)(=O)N1CC(O)C1. The van der Waals surface area contributed by atoms with Crippen LogP contribution in [-0.4, -0.2) is 37.0 Å². The standard InChI is InChI=1S/C10H14N2O3S/c1-7-4-8(11)2-3-10(7)16(14,15)12-5-9(13)6-12/h2-4,9,13H,5-6,11H2,1H3. The Bertz CT molecular complexity index is 507. The second-order valence-corrected chi connectivity index (χ2v) is 5.91. The normalized spacial score (nSPS) is 18.4. The van der Waals surface area contributed by atoms with E-state index in [1.54, 1.807) is 19.1 Å². The molecule has 1 fully saturated rings. The monoisotopic (exact) mass is 242 g/mol. The lowest BCUT2D eigenvalue weighted by Crippen LogP contribution is -2.53. The van der Waals surface area contributed by atoms with Crippen LogP contribution >= 0.6 is 0 Å². The van der Waals surface area contributed by atoms with Gasteiger partial charge in [-0.2, -0.15) is 4.31 Å². The first kappa shape index (κ1) is 11.4. The molecule has 1 aliphatic heterocycles. The molecular formula is C10H14N2O3S. The van der Waals surface area contributed by atoms with Crippen molar-refractivity contribution in [3.63, 3.8) is 0 Å². The van der Waals surface area contributed by atoms with Gasteiger partial charge in [-0.25, -0.2) is 8.42 Å². The Labute approximate surface area is 94.5 Å². The van der Waals surface area contributed by atoms with Crippen molar-refractivity contribution in [2.45, 2.75) is 17.9 Å². The van der Waals surface area contributed by atoms with Crippen LogP contribution in [0.3, 0.4) is 0 Å². The first-order valence-corrected chi connectivity index (χ1v) is 6.39. The third-order valence-electron chi connectivity index (χ3n) is 2.65. The summed E-state index contributed by atoms with van der Waals surface area (Å²) in [5, 5.41) is 9.12. The van der Waals surface area contributed by atoms with Crippen molar-refractivity contribution in [2.24, 2.45) is 0 Å². The number of anilines is 1. The Morgan fingerprint density at radius 2 is 2.06 bits per heavy atom. The summed E-state index contributed by atoms with van der Waals surface area (Å²) in [6, 6.07) is 4.70. The molecule has 1 saturated heterocycles. The number of nitrogens with two attached hydrogens (primary N) is 1. The van der Waals surface area contributed by atoms with Gasteiger partial charge in [0.2, 0.25) is 10.0 Å². The number of nitrogen functional groups attached to an aromatic ring is 1. The summed E-state index contributed by atoms with van der Waals surface area (Å²) in [5.41, 5.74) is 6.74. The van der Waals surface area contributed by atoms with Crippen molar-refractivity contribution < 1.29 is 13.5 Å². The fourth-order valence-electron chi connectivity index (χ4n) is 1.71. The second-order valence-electron chi connectivity index (χ2n) is 4.00. The van der Waals surface area contributed by atoms with Gasteiger partial charge in [-0.15, -0.1) is 0 Å². The molecule has 5 nitrogen and oxygen atoms in total. The van der Waals surface area contributed by atoms with Crippen molar-refractivity contribution in [2.75, 3.05) is 18.8 Å². The third-order valence-corrected chi connectivity index (χ3v) is 4.64. The van der Waals surface area contributed by atoms with Gasteiger partial charge in [-0.1, -0.05) is 0 Å². The van der Waals surface area contributed by atoms with Crippen LogP contribution in [0.1, 0.15) is 5.56 Å². The van der Waals surface area contributed by atoms with Crippen LogP contribution in [0.25, 0.3) is 0 Å². The van der Waals surface area contributed by atoms with E-state index in [9.17, 15) is 8.42 Å². The largest absolute Gasteiger partial charge is 0.399 e.